The fourth-order valence-corrected chi connectivity index (χ4v) is 1.73. The van der Waals surface area contributed by atoms with E-state index in [0.29, 0.717) is 18.8 Å². The molecule has 102 valence electrons. The maximum absolute atomic E-state index is 12.6. The molecule has 0 saturated heterocycles. The van der Waals surface area contributed by atoms with Crippen LogP contribution in [0.15, 0.2) is 23.0 Å². The fraction of sp³-hybridized carbons (Fsp3) is 0.333. The smallest absolute Gasteiger partial charge is 0.319 e. The maximum atomic E-state index is 12.6. The van der Waals surface area contributed by atoms with E-state index in [9.17, 15) is 18.0 Å². The standard InChI is InChI=1S/C12H12F3N3O/c1-16-5-4-10-17-9-3-2-7(12(13,14)15)6-8(9)11(19)18-10/h2-3,6,16H,4-5H2,1H3,(H,17,18,19). The molecule has 0 aliphatic heterocycles. The number of benzene rings is 1. The molecule has 0 saturated carbocycles. The molecule has 0 fully saturated rings. The fourth-order valence-electron chi connectivity index (χ4n) is 1.73. The van der Waals surface area contributed by atoms with Crippen molar-refractivity contribution in [2.24, 2.45) is 0 Å². The van der Waals surface area contributed by atoms with Crippen LogP contribution in [0.4, 0.5) is 13.2 Å². The van der Waals surface area contributed by atoms with Crippen LogP contribution in [0.3, 0.4) is 0 Å². The van der Waals surface area contributed by atoms with Gasteiger partial charge in [-0.15, -0.1) is 0 Å². The van der Waals surface area contributed by atoms with Gasteiger partial charge in [0, 0.05) is 13.0 Å². The number of rotatable bonds is 3. The summed E-state index contributed by atoms with van der Waals surface area (Å²) >= 11 is 0. The van der Waals surface area contributed by atoms with E-state index in [-0.39, 0.29) is 10.9 Å². The van der Waals surface area contributed by atoms with Gasteiger partial charge in [0.25, 0.3) is 5.56 Å². The molecule has 0 atom stereocenters. The van der Waals surface area contributed by atoms with E-state index in [1.54, 1.807) is 7.05 Å². The lowest BCUT2D eigenvalue weighted by atomic mass is 10.1. The van der Waals surface area contributed by atoms with E-state index >= 15 is 0 Å². The largest absolute Gasteiger partial charge is 0.416 e. The number of hydrogen-bond acceptors (Lipinski definition) is 3. The Labute approximate surface area is 106 Å². The highest BCUT2D eigenvalue weighted by Crippen LogP contribution is 2.30. The maximum Gasteiger partial charge on any atom is 0.416 e. The lowest BCUT2D eigenvalue weighted by Gasteiger charge is -2.08. The summed E-state index contributed by atoms with van der Waals surface area (Å²) in [5, 5.41) is 2.85. The zero-order chi connectivity index (χ0) is 14.0. The molecule has 1 aromatic carbocycles. The molecule has 0 aliphatic carbocycles. The van der Waals surface area contributed by atoms with Crippen LogP contribution < -0.4 is 10.9 Å². The van der Waals surface area contributed by atoms with Crippen LogP contribution in [0.5, 0.6) is 0 Å². The van der Waals surface area contributed by atoms with Crippen LogP contribution >= 0.6 is 0 Å². The zero-order valence-electron chi connectivity index (χ0n) is 10.1. The minimum absolute atomic E-state index is 0.0527. The molecule has 2 aromatic rings. The molecule has 2 rings (SSSR count). The topological polar surface area (TPSA) is 57.8 Å². The third kappa shape index (κ3) is 2.93. The van der Waals surface area contributed by atoms with E-state index in [4.69, 9.17) is 0 Å². The van der Waals surface area contributed by atoms with Crippen molar-refractivity contribution in [3.63, 3.8) is 0 Å². The van der Waals surface area contributed by atoms with Gasteiger partial charge in [-0.1, -0.05) is 0 Å². The summed E-state index contributed by atoms with van der Waals surface area (Å²) in [5.41, 5.74) is -1.14. The van der Waals surface area contributed by atoms with Crippen LogP contribution in [-0.2, 0) is 12.6 Å². The van der Waals surface area contributed by atoms with E-state index in [1.165, 1.54) is 6.07 Å². The van der Waals surface area contributed by atoms with Crippen LogP contribution in [0.25, 0.3) is 10.9 Å². The molecule has 0 amide bonds. The number of halogens is 3. The average Bonchev–Trinajstić information content (AvgIpc) is 2.35. The molecule has 4 nitrogen and oxygen atoms in total. The van der Waals surface area contributed by atoms with Crippen molar-refractivity contribution in [1.82, 2.24) is 15.3 Å². The van der Waals surface area contributed by atoms with Crippen molar-refractivity contribution in [3.8, 4) is 0 Å². The van der Waals surface area contributed by atoms with E-state index in [1.807, 2.05) is 0 Å². The van der Waals surface area contributed by atoms with Crippen LogP contribution in [0.2, 0.25) is 0 Å². The molecule has 0 spiro atoms. The summed E-state index contributed by atoms with van der Waals surface area (Å²) in [4.78, 5) is 18.4. The third-order valence-corrected chi connectivity index (χ3v) is 2.69. The first-order valence-electron chi connectivity index (χ1n) is 5.66. The molecular formula is C12H12F3N3O. The number of fused-ring (bicyclic) bond motifs is 1. The monoisotopic (exact) mass is 271 g/mol. The Balaban J connectivity index is 2.51. The Hall–Kier alpha value is -1.89. The number of likely N-dealkylation sites (N-methyl/N-ethyl adjacent to an activating group) is 1. The molecule has 0 radical (unpaired) electrons. The summed E-state index contributed by atoms with van der Waals surface area (Å²) in [6.45, 7) is 0.620. The zero-order valence-corrected chi connectivity index (χ0v) is 10.1. The normalized spacial score (nSPS) is 12.0. The van der Waals surface area contributed by atoms with Gasteiger partial charge >= 0.3 is 6.18 Å². The summed E-state index contributed by atoms with van der Waals surface area (Å²) in [7, 11) is 1.76. The Morgan fingerprint density at radius 2 is 2.11 bits per heavy atom. The number of alkyl halides is 3. The Morgan fingerprint density at radius 3 is 2.74 bits per heavy atom. The van der Waals surface area contributed by atoms with Crippen molar-refractivity contribution in [2.75, 3.05) is 13.6 Å². The lowest BCUT2D eigenvalue weighted by molar-refractivity contribution is -0.137. The Bertz CT molecular complexity index is 649. The molecule has 0 aliphatic rings. The summed E-state index contributed by atoms with van der Waals surface area (Å²) in [6, 6.07) is 2.97. The van der Waals surface area contributed by atoms with Crippen LogP contribution in [0.1, 0.15) is 11.4 Å². The van der Waals surface area contributed by atoms with Crippen LogP contribution in [0, 0.1) is 0 Å². The van der Waals surface area contributed by atoms with Crippen molar-refractivity contribution < 1.29 is 13.2 Å². The number of hydrogen-bond donors (Lipinski definition) is 2. The number of aromatic amines is 1. The Kier molecular flexibility index (Phi) is 3.57. The molecule has 0 bridgehead atoms. The predicted octanol–water partition coefficient (Wildman–Crippen LogP) is 1.70. The first kappa shape index (κ1) is 13.5. The molecule has 0 unspecified atom stereocenters. The molecule has 7 heteroatoms. The number of nitrogens with zero attached hydrogens (tertiary/aromatic N) is 1. The highest BCUT2D eigenvalue weighted by molar-refractivity contribution is 5.78. The molecule has 1 aromatic heterocycles. The second-order valence-electron chi connectivity index (χ2n) is 4.10. The molecule has 19 heavy (non-hydrogen) atoms. The lowest BCUT2D eigenvalue weighted by Crippen LogP contribution is -2.17. The van der Waals surface area contributed by atoms with Crippen LogP contribution in [-0.4, -0.2) is 23.6 Å². The molecule has 1 heterocycles. The summed E-state index contributed by atoms with van der Waals surface area (Å²) in [5.74, 6) is 0.451. The van der Waals surface area contributed by atoms with Gasteiger partial charge in [-0.05, 0) is 25.2 Å². The SMILES string of the molecule is CNCCc1nc2ccc(C(F)(F)F)cc2c(=O)[nH]1. The third-order valence-electron chi connectivity index (χ3n) is 2.69. The molecular weight excluding hydrogens is 259 g/mol. The predicted molar refractivity (Wildman–Crippen MR) is 65.0 cm³/mol. The van der Waals surface area contributed by atoms with Gasteiger partial charge in [-0.25, -0.2) is 4.98 Å². The van der Waals surface area contributed by atoms with Gasteiger partial charge < -0.3 is 10.3 Å². The van der Waals surface area contributed by atoms with Gasteiger partial charge in [0.1, 0.15) is 5.82 Å². The summed E-state index contributed by atoms with van der Waals surface area (Å²) < 4.78 is 37.7. The quantitative estimate of drug-likeness (QED) is 0.893. The second-order valence-corrected chi connectivity index (χ2v) is 4.10. The van der Waals surface area contributed by atoms with E-state index in [0.717, 1.165) is 12.1 Å². The minimum Gasteiger partial charge on any atom is -0.319 e. The number of nitrogens with one attached hydrogen (secondary N) is 2. The van der Waals surface area contributed by atoms with Crippen molar-refractivity contribution in [1.29, 1.82) is 0 Å². The van der Waals surface area contributed by atoms with Crippen molar-refractivity contribution >= 4 is 10.9 Å². The highest BCUT2D eigenvalue weighted by atomic mass is 19.4. The first-order chi connectivity index (χ1) is 8.91. The van der Waals surface area contributed by atoms with Gasteiger partial charge in [-0.2, -0.15) is 13.2 Å². The first-order valence-corrected chi connectivity index (χ1v) is 5.66. The average molecular weight is 271 g/mol. The van der Waals surface area contributed by atoms with Gasteiger partial charge in [0.05, 0.1) is 16.5 Å². The van der Waals surface area contributed by atoms with E-state index in [2.05, 4.69) is 15.3 Å². The molecule has 2 N–H and O–H groups in total. The van der Waals surface area contributed by atoms with Gasteiger partial charge in [0.15, 0.2) is 0 Å². The van der Waals surface area contributed by atoms with Gasteiger partial charge in [0.2, 0.25) is 0 Å². The Morgan fingerprint density at radius 1 is 1.37 bits per heavy atom. The highest BCUT2D eigenvalue weighted by Gasteiger charge is 2.30. The number of aromatic nitrogens is 2. The van der Waals surface area contributed by atoms with Crippen molar-refractivity contribution in [3.05, 3.63) is 39.9 Å². The minimum atomic E-state index is -4.47. The van der Waals surface area contributed by atoms with Crippen molar-refractivity contribution in [2.45, 2.75) is 12.6 Å². The van der Waals surface area contributed by atoms with E-state index < -0.39 is 17.3 Å². The summed E-state index contributed by atoms with van der Waals surface area (Å²) in [6.07, 6.45) is -3.96. The van der Waals surface area contributed by atoms with Gasteiger partial charge in [-0.3, -0.25) is 4.79 Å². The number of H-pyrrole nitrogens is 1. The second kappa shape index (κ2) is 5.00.